The van der Waals surface area contributed by atoms with Crippen molar-refractivity contribution in [3.63, 3.8) is 0 Å². The third-order valence-electron chi connectivity index (χ3n) is 1.71. The van der Waals surface area contributed by atoms with Gasteiger partial charge in [-0.1, -0.05) is 6.92 Å². The lowest BCUT2D eigenvalue weighted by Gasteiger charge is -2.08. The van der Waals surface area contributed by atoms with E-state index in [9.17, 15) is 4.79 Å². The highest BCUT2D eigenvalue weighted by Crippen LogP contribution is 2.11. The fourth-order valence-corrected chi connectivity index (χ4v) is 0.978. The number of carbonyl (C=O) groups excluding carboxylic acids is 1. The average molecular weight is 182 g/mol. The van der Waals surface area contributed by atoms with E-state index in [2.05, 4.69) is 10.3 Å². The number of carbonyl (C=O) groups is 1. The summed E-state index contributed by atoms with van der Waals surface area (Å²) in [6.45, 7) is 5.48. The SMILES string of the molecule is CCC(=O)NC(C)c1ncc(C)o1. The smallest absolute Gasteiger partial charge is 0.220 e. The van der Waals surface area contributed by atoms with Crippen LogP contribution in [-0.4, -0.2) is 10.9 Å². The molecule has 0 bridgehead atoms. The second-order valence-electron chi connectivity index (χ2n) is 2.95. The van der Waals surface area contributed by atoms with Crippen LogP contribution in [0.3, 0.4) is 0 Å². The predicted octanol–water partition coefficient (Wildman–Crippen LogP) is 1.57. The molecule has 1 N–H and O–H groups in total. The number of aryl methyl sites for hydroxylation is 1. The van der Waals surface area contributed by atoms with E-state index in [0.717, 1.165) is 5.76 Å². The van der Waals surface area contributed by atoms with Crippen molar-refractivity contribution in [1.29, 1.82) is 0 Å². The van der Waals surface area contributed by atoms with Gasteiger partial charge in [-0.05, 0) is 13.8 Å². The number of aromatic nitrogens is 1. The lowest BCUT2D eigenvalue weighted by molar-refractivity contribution is -0.121. The zero-order valence-corrected chi connectivity index (χ0v) is 8.13. The molecule has 0 aromatic carbocycles. The van der Waals surface area contributed by atoms with Crippen LogP contribution < -0.4 is 5.32 Å². The predicted molar refractivity (Wildman–Crippen MR) is 48.1 cm³/mol. The Bertz CT molecular complexity index is 294. The summed E-state index contributed by atoms with van der Waals surface area (Å²) < 4.78 is 5.26. The van der Waals surface area contributed by atoms with E-state index in [-0.39, 0.29) is 11.9 Å². The van der Waals surface area contributed by atoms with E-state index in [1.54, 1.807) is 6.20 Å². The number of rotatable bonds is 3. The molecule has 0 aliphatic heterocycles. The van der Waals surface area contributed by atoms with Crippen molar-refractivity contribution >= 4 is 5.91 Å². The minimum Gasteiger partial charge on any atom is -0.444 e. The summed E-state index contributed by atoms with van der Waals surface area (Å²) in [5.74, 6) is 1.32. The van der Waals surface area contributed by atoms with Gasteiger partial charge in [0.25, 0.3) is 0 Å². The zero-order valence-electron chi connectivity index (χ0n) is 8.13. The molecule has 4 heteroatoms. The molecule has 1 amide bonds. The molecule has 13 heavy (non-hydrogen) atoms. The number of amides is 1. The van der Waals surface area contributed by atoms with Gasteiger partial charge in [-0.2, -0.15) is 0 Å². The maximum atomic E-state index is 11.0. The van der Waals surface area contributed by atoms with E-state index < -0.39 is 0 Å². The first-order valence-electron chi connectivity index (χ1n) is 4.35. The quantitative estimate of drug-likeness (QED) is 0.772. The van der Waals surface area contributed by atoms with Crippen LogP contribution in [0, 0.1) is 6.92 Å². The van der Waals surface area contributed by atoms with E-state index in [0.29, 0.717) is 12.3 Å². The molecule has 1 unspecified atom stereocenters. The maximum Gasteiger partial charge on any atom is 0.220 e. The molecule has 1 atom stereocenters. The van der Waals surface area contributed by atoms with Crippen LogP contribution in [0.4, 0.5) is 0 Å². The molecule has 4 nitrogen and oxygen atoms in total. The molecule has 0 spiro atoms. The Morgan fingerprint density at radius 1 is 1.77 bits per heavy atom. The summed E-state index contributed by atoms with van der Waals surface area (Å²) in [5, 5.41) is 2.76. The highest BCUT2D eigenvalue weighted by molar-refractivity contribution is 5.75. The number of nitrogens with zero attached hydrogens (tertiary/aromatic N) is 1. The first-order chi connectivity index (χ1) is 6.13. The van der Waals surface area contributed by atoms with Crippen molar-refractivity contribution < 1.29 is 9.21 Å². The molecule has 0 aliphatic rings. The van der Waals surface area contributed by atoms with Gasteiger partial charge in [0.1, 0.15) is 11.8 Å². The number of hydrogen-bond donors (Lipinski definition) is 1. The fourth-order valence-electron chi connectivity index (χ4n) is 0.978. The highest BCUT2D eigenvalue weighted by atomic mass is 16.4. The number of nitrogens with one attached hydrogen (secondary N) is 1. The molecule has 0 saturated carbocycles. The topological polar surface area (TPSA) is 55.1 Å². The summed E-state index contributed by atoms with van der Waals surface area (Å²) in [6, 6.07) is -0.152. The molecule has 1 aromatic heterocycles. The van der Waals surface area contributed by atoms with Crippen molar-refractivity contribution in [3.05, 3.63) is 17.8 Å². The Morgan fingerprint density at radius 3 is 2.92 bits per heavy atom. The molecular formula is C9H14N2O2. The van der Waals surface area contributed by atoms with Crippen molar-refractivity contribution in [2.75, 3.05) is 0 Å². The maximum absolute atomic E-state index is 11.0. The lowest BCUT2D eigenvalue weighted by Crippen LogP contribution is -2.25. The van der Waals surface area contributed by atoms with Gasteiger partial charge in [0.15, 0.2) is 0 Å². The summed E-state index contributed by atoms with van der Waals surface area (Å²) in [4.78, 5) is 15.0. The van der Waals surface area contributed by atoms with Crippen LogP contribution in [0.1, 0.15) is 38.0 Å². The van der Waals surface area contributed by atoms with E-state index >= 15 is 0 Å². The first-order valence-corrected chi connectivity index (χ1v) is 4.35. The molecule has 1 rings (SSSR count). The lowest BCUT2D eigenvalue weighted by atomic mass is 10.3. The first kappa shape index (κ1) is 9.77. The summed E-state index contributed by atoms with van der Waals surface area (Å²) >= 11 is 0. The minimum absolute atomic E-state index is 0.00310. The largest absolute Gasteiger partial charge is 0.444 e. The normalized spacial score (nSPS) is 12.5. The van der Waals surface area contributed by atoms with Gasteiger partial charge in [0, 0.05) is 6.42 Å². The Morgan fingerprint density at radius 2 is 2.46 bits per heavy atom. The summed E-state index contributed by atoms with van der Waals surface area (Å²) in [7, 11) is 0. The molecule has 0 radical (unpaired) electrons. The van der Waals surface area contributed by atoms with Gasteiger partial charge in [-0.15, -0.1) is 0 Å². The van der Waals surface area contributed by atoms with Crippen LogP contribution in [0.5, 0.6) is 0 Å². The minimum atomic E-state index is -0.152. The van der Waals surface area contributed by atoms with Crippen LogP contribution in [0.15, 0.2) is 10.6 Å². The zero-order chi connectivity index (χ0) is 9.84. The Hall–Kier alpha value is -1.32. The fraction of sp³-hybridized carbons (Fsp3) is 0.556. The third-order valence-corrected chi connectivity index (χ3v) is 1.71. The van der Waals surface area contributed by atoms with Gasteiger partial charge >= 0.3 is 0 Å². The molecule has 1 aromatic rings. The molecule has 0 aliphatic carbocycles. The van der Waals surface area contributed by atoms with Crippen molar-refractivity contribution in [2.45, 2.75) is 33.2 Å². The van der Waals surface area contributed by atoms with Crippen LogP contribution in [0.2, 0.25) is 0 Å². The standard InChI is InChI=1S/C9H14N2O2/c1-4-8(12)11-7(3)9-10-5-6(2)13-9/h5,7H,4H2,1-3H3,(H,11,12). The van der Waals surface area contributed by atoms with Gasteiger partial charge < -0.3 is 9.73 Å². The highest BCUT2D eigenvalue weighted by Gasteiger charge is 2.12. The Kier molecular flexibility index (Phi) is 3.06. The molecule has 0 fully saturated rings. The number of oxazole rings is 1. The second-order valence-corrected chi connectivity index (χ2v) is 2.95. The van der Waals surface area contributed by atoms with Crippen LogP contribution >= 0.6 is 0 Å². The van der Waals surface area contributed by atoms with Crippen LogP contribution in [0.25, 0.3) is 0 Å². The number of hydrogen-bond acceptors (Lipinski definition) is 3. The Balaban J connectivity index is 2.58. The van der Waals surface area contributed by atoms with Gasteiger partial charge in [-0.25, -0.2) is 4.98 Å². The molecule has 1 heterocycles. The second kappa shape index (κ2) is 4.07. The molecule has 0 saturated heterocycles. The Labute approximate surface area is 77.3 Å². The molecular weight excluding hydrogens is 168 g/mol. The van der Waals surface area contributed by atoms with E-state index in [4.69, 9.17) is 4.42 Å². The molecule has 72 valence electrons. The van der Waals surface area contributed by atoms with E-state index in [1.807, 2.05) is 20.8 Å². The third kappa shape index (κ3) is 2.57. The van der Waals surface area contributed by atoms with Crippen LogP contribution in [-0.2, 0) is 4.79 Å². The van der Waals surface area contributed by atoms with Gasteiger partial charge in [0.2, 0.25) is 11.8 Å². The summed E-state index contributed by atoms with van der Waals surface area (Å²) in [5.41, 5.74) is 0. The van der Waals surface area contributed by atoms with Crippen molar-refractivity contribution in [1.82, 2.24) is 10.3 Å². The summed E-state index contributed by atoms with van der Waals surface area (Å²) in [6.07, 6.45) is 2.12. The van der Waals surface area contributed by atoms with Gasteiger partial charge in [-0.3, -0.25) is 4.79 Å². The average Bonchev–Trinajstić information content (AvgIpc) is 2.51. The van der Waals surface area contributed by atoms with Gasteiger partial charge in [0.05, 0.1) is 6.20 Å². The van der Waals surface area contributed by atoms with Crippen molar-refractivity contribution in [3.8, 4) is 0 Å². The monoisotopic (exact) mass is 182 g/mol. The van der Waals surface area contributed by atoms with E-state index in [1.165, 1.54) is 0 Å². The van der Waals surface area contributed by atoms with Crippen molar-refractivity contribution in [2.24, 2.45) is 0 Å².